The van der Waals surface area contributed by atoms with E-state index in [1.807, 2.05) is 42.2 Å². The van der Waals surface area contributed by atoms with Crippen LogP contribution >= 0.6 is 0 Å². The third-order valence-corrected chi connectivity index (χ3v) is 5.79. The Labute approximate surface area is 182 Å². The summed E-state index contributed by atoms with van der Waals surface area (Å²) in [5.41, 5.74) is 2.92. The highest BCUT2D eigenvalue weighted by Gasteiger charge is 2.26. The molecule has 1 aliphatic rings. The zero-order valence-corrected chi connectivity index (χ0v) is 18.4. The van der Waals surface area contributed by atoms with Crippen molar-refractivity contribution in [1.82, 2.24) is 29.5 Å². The van der Waals surface area contributed by atoms with Crippen molar-refractivity contribution in [3.8, 4) is 23.0 Å². The van der Waals surface area contributed by atoms with Crippen molar-refractivity contribution in [3.63, 3.8) is 0 Å². The first kappa shape index (κ1) is 21.0. The van der Waals surface area contributed by atoms with Crippen LogP contribution in [0.2, 0.25) is 0 Å². The van der Waals surface area contributed by atoms with Crippen LogP contribution in [0.1, 0.15) is 29.9 Å². The largest absolute Gasteiger partial charge is 0.496 e. The molecule has 0 aliphatic carbocycles. The maximum atomic E-state index is 13.1. The number of hydrogen-bond acceptors (Lipinski definition) is 6. The van der Waals surface area contributed by atoms with Gasteiger partial charge in [0.1, 0.15) is 5.75 Å². The van der Waals surface area contributed by atoms with Gasteiger partial charge in [-0.2, -0.15) is 5.10 Å². The minimum Gasteiger partial charge on any atom is -0.496 e. The zero-order valence-electron chi connectivity index (χ0n) is 18.4. The monoisotopic (exact) mass is 420 g/mol. The highest BCUT2D eigenvalue weighted by atomic mass is 16.5. The SMILES string of the molecule is COc1ccccc1-c1ccnc(-n2ncc(C(=O)N3CCN(C(C)C)CC3)c2C)n1. The molecule has 0 saturated carbocycles. The van der Waals surface area contributed by atoms with E-state index in [0.717, 1.165) is 48.9 Å². The lowest BCUT2D eigenvalue weighted by atomic mass is 10.1. The lowest BCUT2D eigenvalue weighted by Gasteiger charge is -2.36. The number of rotatable bonds is 5. The second kappa shape index (κ2) is 8.85. The van der Waals surface area contributed by atoms with E-state index in [1.54, 1.807) is 24.2 Å². The van der Waals surface area contributed by atoms with Gasteiger partial charge in [0.15, 0.2) is 0 Å². The molecule has 3 heterocycles. The number of amides is 1. The zero-order chi connectivity index (χ0) is 22.0. The molecule has 0 radical (unpaired) electrons. The number of carbonyl (C=O) groups excluding carboxylic acids is 1. The van der Waals surface area contributed by atoms with E-state index in [1.165, 1.54) is 0 Å². The number of piperazine rings is 1. The molecule has 2 aromatic heterocycles. The van der Waals surface area contributed by atoms with Crippen LogP contribution in [0.15, 0.2) is 42.7 Å². The van der Waals surface area contributed by atoms with E-state index >= 15 is 0 Å². The van der Waals surface area contributed by atoms with E-state index < -0.39 is 0 Å². The van der Waals surface area contributed by atoms with Crippen molar-refractivity contribution >= 4 is 5.91 Å². The quantitative estimate of drug-likeness (QED) is 0.632. The first-order chi connectivity index (χ1) is 15.0. The molecule has 3 aromatic rings. The second-order valence-electron chi connectivity index (χ2n) is 7.92. The molecule has 0 spiro atoms. The normalized spacial score (nSPS) is 14.8. The van der Waals surface area contributed by atoms with Crippen molar-refractivity contribution in [2.24, 2.45) is 0 Å². The van der Waals surface area contributed by atoms with E-state index in [2.05, 4.69) is 33.8 Å². The lowest BCUT2D eigenvalue weighted by molar-refractivity contribution is 0.0595. The number of aromatic nitrogens is 4. The Morgan fingerprint density at radius 2 is 1.84 bits per heavy atom. The molecule has 31 heavy (non-hydrogen) atoms. The van der Waals surface area contributed by atoms with Crippen molar-refractivity contribution in [2.75, 3.05) is 33.3 Å². The number of methoxy groups -OCH3 is 1. The summed E-state index contributed by atoms with van der Waals surface area (Å²) in [7, 11) is 1.64. The van der Waals surface area contributed by atoms with E-state index in [9.17, 15) is 4.79 Å². The summed E-state index contributed by atoms with van der Waals surface area (Å²) in [6.07, 6.45) is 3.31. The predicted molar refractivity (Wildman–Crippen MR) is 118 cm³/mol. The molecule has 0 atom stereocenters. The van der Waals surface area contributed by atoms with Crippen molar-refractivity contribution in [1.29, 1.82) is 0 Å². The Balaban J connectivity index is 1.58. The fraction of sp³-hybridized carbons (Fsp3) is 0.391. The van der Waals surface area contributed by atoms with Crippen LogP contribution < -0.4 is 4.74 Å². The maximum Gasteiger partial charge on any atom is 0.257 e. The number of hydrogen-bond donors (Lipinski definition) is 0. The van der Waals surface area contributed by atoms with Gasteiger partial charge >= 0.3 is 0 Å². The average Bonchev–Trinajstić information content (AvgIpc) is 3.20. The van der Waals surface area contributed by atoms with Crippen LogP contribution in [0.25, 0.3) is 17.2 Å². The molecule has 0 bridgehead atoms. The molecule has 1 aromatic carbocycles. The van der Waals surface area contributed by atoms with Gasteiger partial charge in [-0.25, -0.2) is 14.6 Å². The van der Waals surface area contributed by atoms with Crippen molar-refractivity contribution in [3.05, 3.63) is 54.0 Å². The maximum absolute atomic E-state index is 13.1. The van der Waals surface area contributed by atoms with Gasteiger partial charge < -0.3 is 9.64 Å². The highest BCUT2D eigenvalue weighted by molar-refractivity contribution is 5.95. The Morgan fingerprint density at radius 3 is 2.55 bits per heavy atom. The fourth-order valence-electron chi connectivity index (χ4n) is 3.89. The Hall–Kier alpha value is -3.26. The first-order valence-electron chi connectivity index (χ1n) is 10.5. The lowest BCUT2D eigenvalue weighted by Crippen LogP contribution is -2.50. The summed E-state index contributed by atoms with van der Waals surface area (Å²) in [5, 5.41) is 4.42. The summed E-state index contributed by atoms with van der Waals surface area (Å²) in [4.78, 5) is 26.5. The molecule has 1 aliphatic heterocycles. The van der Waals surface area contributed by atoms with Gasteiger partial charge in [-0.05, 0) is 39.0 Å². The van der Waals surface area contributed by atoms with E-state index in [-0.39, 0.29) is 5.91 Å². The minimum absolute atomic E-state index is 0.00744. The number of carbonyl (C=O) groups is 1. The summed E-state index contributed by atoms with van der Waals surface area (Å²) < 4.78 is 7.08. The van der Waals surface area contributed by atoms with Gasteiger partial charge in [-0.3, -0.25) is 9.69 Å². The fourth-order valence-corrected chi connectivity index (χ4v) is 3.89. The standard InChI is InChI=1S/C23H28N6O2/c1-16(2)27-11-13-28(14-12-27)22(30)19-15-25-29(17(19)3)23-24-10-9-20(26-23)18-7-5-6-8-21(18)31-4/h5-10,15-16H,11-14H2,1-4H3. The van der Waals surface area contributed by atoms with Gasteiger partial charge in [0.2, 0.25) is 0 Å². The smallest absolute Gasteiger partial charge is 0.257 e. The Bertz CT molecular complexity index is 1070. The van der Waals surface area contributed by atoms with Crippen LogP contribution in [0, 0.1) is 6.92 Å². The van der Waals surface area contributed by atoms with E-state index in [0.29, 0.717) is 17.6 Å². The molecule has 8 nitrogen and oxygen atoms in total. The molecule has 1 fully saturated rings. The number of ether oxygens (including phenoxy) is 1. The van der Waals surface area contributed by atoms with Gasteiger partial charge in [0.05, 0.1) is 30.3 Å². The molecular formula is C23H28N6O2. The molecular weight excluding hydrogens is 392 g/mol. The molecule has 0 unspecified atom stereocenters. The average molecular weight is 421 g/mol. The van der Waals surface area contributed by atoms with Crippen LogP contribution in [0.5, 0.6) is 5.75 Å². The first-order valence-corrected chi connectivity index (χ1v) is 10.5. The molecule has 1 amide bonds. The number of nitrogens with zero attached hydrogens (tertiary/aromatic N) is 6. The third kappa shape index (κ3) is 4.16. The predicted octanol–water partition coefficient (Wildman–Crippen LogP) is 2.81. The van der Waals surface area contributed by atoms with Crippen LogP contribution in [0.4, 0.5) is 0 Å². The Morgan fingerprint density at radius 1 is 1.10 bits per heavy atom. The van der Waals surface area contributed by atoms with Gasteiger partial charge in [-0.15, -0.1) is 0 Å². The van der Waals surface area contributed by atoms with Crippen LogP contribution in [-0.2, 0) is 0 Å². The number of benzene rings is 1. The summed E-state index contributed by atoms with van der Waals surface area (Å²) in [6, 6.07) is 10.0. The van der Waals surface area contributed by atoms with Crippen molar-refractivity contribution in [2.45, 2.75) is 26.8 Å². The third-order valence-electron chi connectivity index (χ3n) is 5.79. The van der Waals surface area contributed by atoms with Crippen LogP contribution in [-0.4, -0.2) is 74.8 Å². The molecule has 162 valence electrons. The molecule has 8 heteroatoms. The summed E-state index contributed by atoms with van der Waals surface area (Å²) in [5.74, 6) is 1.17. The summed E-state index contributed by atoms with van der Waals surface area (Å²) in [6.45, 7) is 9.48. The molecule has 0 N–H and O–H groups in total. The minimum atomic E-state index is 0.00744. The van der Waals surface area contributed by atoms with Crippen molar-refractivity contribution < 1.29 is 9.53 Å². The van der Waals surface area contributed by atoms with Gasteiger partial charge in [-0.1, -0.05) is 12.1 Å². The van der Waals surface area contributed by atoms with Gasteiger partial charge in [0, 0.05) is 44.0 Å². The second-order valence-corrected chi connectivity index (χ2v) is 7.92. The topological polar surface area (TPSA) is 76.4 Å². The number of para-hydroxylation sites is 1. The highest BCUT2D eigenvalue weighted by Crippen LogP contribution is 2.28. The van der Waals surface area contributed by atoms with Gasteiger partial charge in [0.25, 0.3) is 11.9 Å². The Kier molecular flexibility index (Phi) is 5.99. The molecule has 4 rings (SSSR count). The van der Waals surface area contributed by atoms with E-state index in [4.69, 9.17) is 4.74 Å². The van der Waals surface area contributed by atoms with Crippen LogP contribution in [0.3, 0.4) is 0 Å². The molecule has 1 saturated heterocycles. The summed E-state index contributed by atoms with van der Waals surface area (Å²) >= 11 is 0.